The standard InChI is InChI=1S/C18H20BrFO/c1-18(2,3)15-7-4-13(5-8-15)12-21-17-9-6-14(11-19)10-16(17)20/h4-10H,11-12H2,1-3H3. The monoisotopic (exact) mass is 350 g/mol. The molecular formula is C18H20BrFO. The van der Waals surface area contributed by atoms with E-state index in [0.29, 0.717) is 17.7 Å². The molecular weight excluding hydrogens is 331 g/mol. The van der Waals surface area contributed by atoms with Gasteiger partial charge >= 0.3 is 0 Å². The third kappa shape index (κ3) is 4.31. The number of hydrogen-bond acceptors (Lipinski definition) is 1. The van der Waals surface area contributed by atoms with Crippen LogP contribution >= 0.6 is 15.9 Å². The first-order valence-electron chi connectivity index (χ1n) is 6.97. The van der Waals surface area contributed by atoms with Crippen molar-refractivity contribution in [3.8, 4) is 5.75 Å². The van der Waals surface area contributed by atoms with Gasteiger partial charge < -0.3 is 4.74 Å². The van der Waals surface area contributed by atoms with E-state index in [1.807, 2.05) is 18.2 Å². The fourth-order valence-corrected chi connectivity index (χ4v) is 2.36. The maximum atomic E-state index is 13.8. The molecule has 0 aliphatic carbocycles. The van der Waals surface area contributed by atoms with Gasteiger partial charge in [0.1, 0.15) is 6.61 Å². The second kappa shape index (κ2) is 6.61. The molecule has 1 nitrogen and oxygen atoms in total. The van der Waals surface area contributed by atoms with Gasteiger partial charge in [0.05, 0.1) is 0 Å². The molecule has 0 spiro atoms. The van der Waals surface area contributed by atoms with E-state index < -0.39 is 0 Å². The minimum Gasteiger partial charge on any atom is -0.486 e. The van der Waals surface area contributed by atoms with Crippen LogP contribution in [0.2, 0.25) is 0 Å². The summed E-state index contributed by atoms with van der Waals surface area (Å²) >= 11 is 3.31. The largest absolute Gasteiger partial charge is 0.486 e. The predicted molar refractivity (Wildman–Crippen MR) is 88.5 cm³/mol. The summed E-state index contributed by atoms with van der Waals surface area (Å²) < 4.78 is 19.4. The summed E-state index contributed by atoms with van der Waals surface area (Å²) in [5, 5.41) is 0.637. The normalized spacial score (nSPS) is 11.5. The van der Waals surface area contributed by atoms with Crippen LogP contribution in [0.4, 0.5) is 4.39 Å². The lowest BCUT2D eigenvalue weighted by atomic mass is 9.87. The molecule has 0 amide bonds. The van der Waals surface area contributed by atoms with Gasteiger partial charge in [-0.2, -0.15) is 0 Å². The summed E-state index contributed by atoms with van der Waals surface area (Å²) in [5.41, 5.74) is 3.34. The summed E-state index contributed by atoms with van der Waals surface area (Å²) in [6, 6.07) is 13.3. The first kappa shape index (κ1) is 16.0. The fourth-order valence-electron chi connectivity index (χ4n) is 2.01. The molecule has 0 unspecified atom stereocenters. The number of benzene rings is 2. The Kier molecular flexibility index (Phi) is 5.04. The Balaban J connectivity index is 2.03. The molecule has 0 N–H and O–H groups in total. The van der Waals surface area contributed by atoms with Gasteiger partial charge in [0.25, 0.3) is 0 Å². The molecule has 0 bridgehead atoms. The zero-order valence-corrected chi connectivity index (χ0v) is 14.2. The van der Waals surface area contributed by atoms with Crippen LogP contribution in [0.1, 0.15) is 37.5 Å². The van der Waals surface area contributed by atoms with Crippen LogP contribution in [0.5, 0.6) is 5.75 Å². The summed E-state index contributed by atoms with van der Waals surface area (Å²) in [7, 11) is 0. The van der Waals surface area contributed by atoms with Gasteiger partial charge in [-0.1, -0.05) is 67.0 Å². The van der Waals surface area contributed by atoms with Gasteiger partial charge in [-0.05, 0) is 34.2 Å². The molecule has 2 aromatic carbocycles. The molecule has 0 fully saturated rings. The SMILES string of the molecule is CC(C)(C)c1ccc(COc2ccc(CBr)cc2F)cc1. The van der Waals surface area contributed by atoms with E-state index in [9.17, 15) is 4.39 Å². The van der Waals surface area contributed by atoms with Gasteiger partial charge in [0, 0.05) is 5.33 Å². The highest BCUT2D eigenvalue weighted by Gasteiger charge is 2.13. The van der Waals surface area contributed by atoms with Crippen molar-refractivity contribution in [1.82, 2.24) is 0 Å². The van der Waals surface area contributed by atoms with E-state index in [4.69, 9.17) is 4.74 Å². The highest BCUT2D eigenvalue weighted by molar-refractivity contribution is 9.08. The highest BCUT2D eigenvalue weighted by Crippen LogP contribution is 2.24. The fraction of sp³-hybridized carbons (Fsp3) is 0.333. The average Bonchev–Trinajstić information content (AvgIpc) is 2.45. The molecule has 21 heavy (non-hydrogen) atoms. The van der Waals surface area contributed by atoms with Crippen molar-refractivity contribution in [2.75, 3.05) is 0 Å². The number of halogens is 2. The number of alkyl halides is 1. The zero-order valence-electron chi connectivity index (χ0n) is 12.6. The second-order valence-corrected chi connectivity index (χ2v) is 6.69. The Labute approximate surface area is 134 Å². The smallest absolute Gasteiger partial charge is 0.165 e. The van der Waals surface area contributed by atoms with Gasteiger partial charge in [0.15, 0.2) is 11.6 Å². The van der Waals surface area contributed by atoms with Crippen molar-refractivity contribution in [3.05, 3.63) is 65.0 Å². The van der Waals surface area contributed by atoms with E-state index in [0.717, 1.165) is 11.1 Å². The second-order valence-electron chi connectivity index (χ2n) is 6.13. The van der Waals surface area contributed by atoms with E-state index in [1.165, 1.54) is 11.6 Å². The van der Waals surface area contributed by atoms with Crippen molar-refractivity contribution in [2.45, 2.75) is 38.1 Å². The minimum absolute atomic E-state index is 0.136. The van der Waals surface area contributed by atoms with Gasteiger partial charge in [-0.3, -0.25) is 0 Å². The first-order valence-corrected chi connectivity index (χ1v) is 8.09. The summed E-state index contributed by atoms with van der Waals surface area (Å²) in [6.45, 7) is 6.91. The molecule has 0 heterocycles. The quantitative estimate of drug-likeness (QED) is 0.652. The molecule has 0 aliphatic rings. The lowest BCUT2D eigenvalue weighted by Gasteiger charge is -2.19. The van der Waals surface area contributed by atoms with E-state index in [-0.39, 0.29) is 11.2 Å². The maximum absolute atomic E-state index is 13.8. The molecule has 0 saturated carbocycles. The van der Waals surface area contributed by atoms with Crippen molar-refractivity contribution in [2.24, 2.45) is 0 Å². The maximum Gasteiger partial charge on any atom is 0.165 e. The van der Waals surface area contributed by atoms with E-state index in [1.54, 1.807) is 6.07 Å². The first-order chi connectivity index (χ1) is 9.90. The molecule has 3 heteroatoms. The number of ether oxygens (including phenoxy) is 1. The lowest BCUT2D eigenvalue weighted by Crippen LogP contribution is -2.10. The predicted octanol–water partition coefficient (Wildman–Crippen LogP) is 5.60. The van der Waals surface area contributed by atoms with Crippen LogP contribution in [0.15, 0.2) is 42.5 Å². The van der Waals surface area contributed by atoms with Crippen molar-refractivity contribution in [3.63, 3.8) is 0 Å². The number of rotatable bonds is 4. The van der Waals surface area contributed by atoms with E-state index >= 15 is 0 Å². The van der Waals surface area contributed by atoms with Crippen LogP contribution < -0.4 is 4.74 Å². The third-order valence-electron chi connectivity index (χ3n) is 3.36. The van der Waals surface area contributed by atoms with Crippen molar-refractivity contribution >= 4 is 15.9 Å². The van der Waals surface area contributed by atoms with Gasteiger partial charge in [0.2, 0.25) is 0 Å². The molecule has 112 valence electrons. The molecule has 0 radical (unpaired) electrons. The summed E-state index contributed by atoms with van der Waals surface area (Å²) in [4.78, 5) is 0. The molecule has 2 aromatic rings. The highest BCUT2D eigenvalue weighted by atomic mass is 79.9. The molecule has 0 aromatic heterocycles. The molecule has 0 saturated heterocycles. The van der Waals surface area contributed by atoms with Gasteiger partial charge in [-0.15, -0.1) is 0 Å². The Morgan fingerprint density at radius 2 is 1.62 bits per heavy atom. The van der Waals surface area contributed by atoms with Crippen molar-refractivity contribution in [1.29, 1.82) is 0 Å². The Morgan fingerprint density at radius 1 is 1.00 bits per heavy atom. The molecule has 0 atom stereocenters. The minimum atomic E-state index is -0.321. The Hall–Kier alpha value is -1.35. The third-order valence-corrected chi connectivity index (χ3v) is 4.01. The lowest BCUT2D eigenvalue weighted by molar-refractivity contribution is 0.290. The van der Waals surface area contributed by atoms with Crippen LogP contribution in [0, 0.1) is 5.82 Å². The molecule has 2 rings (SSSR count). The van der Waals surface area contributed by atoms with Crippen LogP contribution in [0.3, 0.4) is 0 Å². The van der Waals surface area contributed by atoms with Crippen LogP contribution in [-0.4, -0.2) is 0 Å². The summed E-state index contributed by atoms with van der Waals surface area (Å²) in [5.74, 6) is -0.0298. The zero-order chi connectivity index (χ0) is 15.5. The topological polar surface area (TPSA) is 9.23 Å². The van der Waals surface area contributed by atoms with Gasteiger partial charge in [-0.25, -0.2) is 4.39 Å². The Morgan fingerprint density at radius 3 is 2.14 bits per heavy atom. The number of hydrogen-bond donors (Lipinski definition) is 0. The van der Waals surface area contributed by atoms with E-state index in [2.05, 4.69) is 48.8 Å². The summed E-state index contributed by atoms with van der Waals surface area (Å²) in [6.07, 6.45) is 0. The average molecular weight is 351 g/mol. The van der Waals surface area contributed by atoms with Crippen LogP contribution in [0.25, 0.3) is 0 Å². The van der Waals surface area contributed by atoms with Crippen molar-refractivity contribution < 1.29 is 9.13 Å². The van der Waals surface area contributed by atoms with Crippen LogP contribution in [-0.2, 0) is 17.4 Å². The molecule has 0 aliphatic heterocycles. The Bertz CT molecular complexity index is 600.